The van der Waals surface area contributed by atoms with Gasteiger partial charge in [-0.05, 0) is 51.1 Å². The number of ether oxygens (including phenoxy) is 1. The van der Waals surface area contributed by atoms with Gasteiger partial charge in [-0.2, -0.15) is 36.1 Å². The minimum absolute atomic E-state index is 0.0584. The predicted octanol–water partition coefficient (Wildman–Crippen LogP) is 4.44. The van der Waals surface area contributed by atoms with Gasteiger partial charge in [-0.15, -0.1) is 0 Å². The second-order valence-corrected chi connectivity index (χ2v) is 9.39. The van der Waals surface area contributed by atoms with Gasteiger partial charge in [0.15, 0.2) is 11.6 Å². The third-order valence-corrected chi connectivity index (χ3v) is 6.08. The molecule has 40 heavy (non-hydrogen) atoms. The Morgan fingerprint density at radius 2 is 1.55 bits per heavy atom. The Balaban J connectivity index is 1.53. The maximum absolute atomic E-state index is 13.2. The second kappa shape index (κ2) is 10.9. The molecule has 0 saturated carbocycles. The molecule has 4 rings (SSSR count). The molecule has 1 saturated heterocycles. The van der Waals surface area contributed by atoms with Crippen molar-refractivity contribution in [1.29, 1.82) is 0 Å². The van der Waals surface area contributed by atoms with Crippen molar-refractivity contribution < 1.29 is 40.7 Å². The quantitative estimate of drug-likeness (QED) is 0.456. The lowest BCUT2D eigenvalue weighted by Crippen LogP contribution is -2.48. The Morgan fingerprint density at radius 1 is 0.950 bits per heavy atom. The maximum atomic E-state index is 13.2. The predicted molar refractivity (Wildman–Crippen MR) is 127 cm³/mol. The van der Waals surface area contributed by atoms with Gasteiger partial charge in [0.25, 0.3) is 11.8 Å². The minimum atomic E-state index is -5.10. The summed E-state index contributed by atoms with van der Waals surface area (Å²) in [6.07, 6.45) is -7.95. The molecule has 1 fully saturated rings. The van der Waals surface area contributed by atoms with Crippen LogP contribution in [0.1, 0.15) is 64.5 Å². The number of amides is 2. The van der Waals surface area contributed by atoms with Gasteiger partial charge in [0.1, 0.15) is 6.33 Å². The standard InChI is InChI=1S/C25H24F6N6O3/c1-13-10-36(11-14(2)40-13)23(39)16-4-5-20(32-9-16)37-21(33-12-34-37)15(3)35-22(38)17-6-18(24(26,27)28)8-19(7-17)25(29,30)31/h4-9,12-15H,10-11H2,1-3H3,(H,35,38)/t13-,14+,15-/m0/s1. The van der Waals surface area contributed by atoms with Crippen molar-refractivity contribution in [2.75, 3.05) is 13.1 Å². The van der Waals surface area contributed by atoms with Crippen LogP contribution in [0.4, 0.5) is 26.3 Å². The van der Waals surface area contributed by atoms with Gasteiger partial charge in [0.2, 0.25) is 0 Å². The first-order valence-corrected chi connectivity index (χ1v) is 12.0. The molecule has 1 N–H and O–H groups in total. The number of alkyl halides is 6. The molecular formula is C25H24F6N6O3. The molecule has 0 radical (unpaired) electrons. The van der Waals surface area contributed by atoms with E-state index in [9.17, 15) is 35.9 Å². The highest BCUT2D eigenvalue weighted by molar-refractivity contribution is 5.95. The van der Waals surface area contributed by atoms with E-state index in [1.54, 1.807) is 4.90 Å². The van der Waals surface area contributed by atoms with Crippen molar-refractivity contribution in [2.45, 2.75) is 51.4 Å². The minimum Gasteiger partial charge on any atom is -0.372 e. The van der Waals surface area contributed by atoms with Gasteiger partial charge in [-0.3, -0.25) is 9.59 Å². The summed E-state index contributed by atoms with van der Waals surface area (Å²) >= 11 is 0. The number of aromatic nitrogens is 4. The summed E-state index contributed by atoms with van der Waals surface area (Å²) in [5.74, 6) is -1.10. The van der Waals surface area contributed by atoms with Crippen LogP contribution in [0.5, 0.6) is 0 Å². The van der Waals surface area contributed by atoms with Crippen LogP contribution < -0.4 is 5.32 Å². The molecule has 9 nitrogen and oxygen atoms in total. The van der Waals surface area contributed by atoms with E-state index in [0.29, 0.717) is 30.8 Å². The fraction of sp³-hybridized carbons (Fsp3) is 0.400. The Hall–Kier alpha value is -4.01. The lowest BCUT2D eigenvalue weighted by molar-refractivity contribution is -0.143. The summed E-state index contributed by atoms with van der Waals surface area (Å²) in [6.45, 7) is 6.00. The van der Waals surface area contributed by atoms with Crippen LogP contribution in [0.2, 0.25) is 0 Å². The van der Waals surface area contributed by atoms with Crippen LogP contribution in [-0.2, 0) is 17.1 Å². The van der Waals surface area contributed by atoms with Gasteiger partial charge >= 0.3 is 12.4 Å². The SMILES string of the molecule is C[C@@H]1CN(C(=O)c2ccc(-n3ncnc3[C@H](C)NC(=O)c3cc(C(F)(F)F)cc(C(F)(F)F)c3)nc2)C[C@H](C)O1. The molecule has 0 bridgehead atoms. The number of carbonyl (C=O) groups excluding carboxylic acids is 2. The molecule has 3 atom stereocenters. The van der Waals surface area contributed by atoms with Crippen LogP contribution in [0.25, 0.3) is 5.82 Å². The first-order valence-electron chi connectivity index (χ1n) is 12.0. The number of carbonyl (C=O) groups is 2. The number of morpholine rings is 1. The number of nitrogens with zero attached hydrogens (tertiary/aromatic N) is 5. The summed E-state index contributed by atoms with van der Waals surface area (Å²) in [6, 6.07) is 2.65. The highest BCUT2D eigenvalue weighted by Gasteiger charge is 2.37. The Labute approximate surface area is 224 Å². The van der Waals surface area contributed by atoms with Gasteiger partial charge < -0.3 is 15.0 Å². The number of hydrogen-bond donors (Lipinski definition) is 1. The average Bonchev–Trinajstić information content (AvgIpc) is 3.37. The number of nitrogens with one attached hydrogen (secondary N) is 1. The number of benzene rings is 1. The van der Waals surface area contributed by atoms with Gasteiger partial charge in [0.05, 0.1) is 34.9 Å². The Kier molecular flexibility index (Phi) is 7.87. The molecule has 2 amide bonds. The molecule has 0 spiro atoms. The van der Waals surface area contributed by atoms with Crippen LogP contribution >= 0.6 is 0 Å². The molecule has 2 aromatic heterocycles. The van der Waals surface area contributed by atoms with Crippen molar-refractivity contribution in [3.8, 4) is 5.82 Å². The van der Waals surface area contributed by atoms with Crippen LogP contribution in [-0.4, -0.2) is 61.8 Å². The monoisotopic (exact) mass is 570 g/mol. The van der Waals surface area contributed by atoms with Crippen molar-refractivity contribution in [3.05, 3.63) is 70.9 Å². The summed E-state index contributed by atoms with van der Waals surface area (Å²) in [5, 5.41) is 6.40. The van der Waals surface area contributed by atoms with E-state index in [-0.39, 0.29) is 35.8 Å². The zero-order valence-corrected chi connectivity index (χ0v) is 21.4. The lowest BCUT2D eigenvalue weighted by atomic mass is 10.0. The zero-order chi connectivity index (χ0) is 29.4. The lowest BCUT2D eigenvalue weighted by Gasteiger charge is -2.35. The first-order chi connectivity index (χ1) is 18.6. The number of hydrogen-bond acceptors (Lipinski definition) is 6. The third-order valence-electron chi connectivity index (χ3n) is 6.08. The highest BCUT2D eigenvalue weighted by Crippen LogP contribution is 2.36. The van der Waals surface area contributed by atoms with E-state index < -0.39 is 41.0 Å². The summed E-state index contributed by atoms with van der Waals surface area (Å²) in [4.78, 5) is 35.6. The fourth-order valence-electron chi connectivity index (χ4n) is 4.32. The molecular weight excluding hydrogens is 546 g/mol. The molecule has 1 aliphatic rings. The van der Waals surface area contributed by atoms with Gasteiger partial charge in [-0.25, -0.2) is 9.97 Å². The summed E-state index contributed by atoms with van der Waals surface area (Å²) in [5.41, 5.74) is -3.72. The van der Waals surface area contributed by atoms with Crippen LogP contribution in [0.15, 0.2) is 42.9 Å². The smallest absolute Gasteiger partial charge is 0.372 e. The van der Waals surface area contributed by atoms with E-state index in [1.807, 2.05) is 13.8 Å². The van der Waals surface area contributed by atoms with Crippen molar-refractivity contribution >= 4 is 11.8 Å². The van der Waals surface area contributed by atoms with Crippen molar-refractivity contribution in [1.82, 2.24) is 30.0 Å². The topological polar surface area (TPSA) is 102 Å². The summed E-state index contributed by atoms with van der Waals surface area (Å²) in [7, 11) is 0. The normalized spacial score (nSPS) is 18.9. The van der Waals surface area contributed by atoms with Crippen LogP contribution in [0.3, 0.4) is 0 Å². The van der Waals surface area contributed by atoms with Gasteiger partial charge in [-0.1, -0.05) is 0 Å². The maximum Gasteiger partial charge on any atom is 0.416 e. The van der Waals surface area contributed by atoms with E-state index in [2.05, 4.69) is 20.4 Å². The molecule has 0 aliphatic carbocycles. The zero-order valence-electron chi connectivity index (χ0n) is 21.4. The molecule has 1 aliphatic heterocycles. The van der Waals surface area contributed by atoms with E-state index >= 15 is 0 Å². The number of halogens is 6. The molecule has 0 unspecified atom stereocenters. The van der Waals surface area contributed by atoms with Crippen molar-refractivity contribution in [3.63, 3.8) is 0 Å². The Morgan fingerprint density at radius 3 is 2.08 bits per heavy atom. The summed E-state index contributed by atoms with van der Waals surface area (Å²) < 4.78 is 86.0. The van der Waals surface area contributed by atoms with E-state index in [4.69, 9.17) is 4.74 Å². The fourth-order valence-corrected chi connectivity index (χ4v) is 4.32. The van der Waals surface area contributed by atoms with E-state index in [0.717, 1.165) is 6.33 Å². The van der Waals surface area contributed by atoms with Gasteiger partial charge in [0, 0.05) is 24.8 Å². The van der Waals surface area contributed by atoms with E-state index in [1.165, 1.54) is 29.9 Å². The number of rotatable bonds is 5. The van der Waals surface area contributed by atoms with Crippen molar-refractivity contribution in [2.24, 2.45) is 0 Å². The Bertz CT molecular complexity index is 1350. The largest absolute Gasteiger partial charge is 0.416 e. The molecule has 1 aromatic carbocycles. The molecule has 214 valence electrons. The second-order valence-electron chi connectivity index (χ2n) is 9.39. The molecule has 3 heterocycles. The van der Waals surface area contributed by atoms with Crippen LogP contribution in [0, 0.1) is 0 Å². The average molecular weight is 570 g/mol. The highest BCUT2D eigenvalue weighted by atomic mass is 19.4. The molecule has 15 heteroatoms. The first kappa shape index (κ1) is 29.0. The molecule has 3 aromatic rings. The number of pyridine rings is 1. The third kappa shape index (κ3) is 6.41.